The van der Waals surface area contributed by atoms with E-state index in [0.29, 0.717) is 0 Å². The van der Waals surface area contributed by atoms with E-state index in [1.807, 2.05) is 7.05 Å². The second-order valence-electron chi connectivity index (χ2n) is 3.63. The van der Waals surface area contributed by atoms with Crippen LogP contribution in [0.4, 0.5) is 0 Å². The van der Waals surface area contributed by atoms with Crippen molar-refractivity contribution in [1.29, 1.82) is 0 Å². The third kappa shape index (κ3) is 2.63. The van der Waals surface area contributed by atoms with Gasteiger partial charge in [0.25, 0.3) is 0 Å². The normalized spacial score (nSPS) is 28.5. The lowest BCUT2D eigenvalue weighted by atomic mass is 9.98. The van der Waals surface area contributed by atoms with Gasteiger partial charge < -0.3 is 10.6 Å². The minimum absolute atomic E-state index is 0.772. The van der Waals surface area contributed by atoms with Crippen molar-refractivity contribution in [3.05, 3.63) is 0 Å². The zero-order valence-electron chi connectivity index (χ0n) is 7.89. The summed E-state index contributed by atoms with van der Waals surface area (Å²) in [7, 11) is 1.85. The van der Waals surface area contributed by atoms with Gasteiger partial charge in [-0.05, 0) is 30.5 Å². The third-order valence-corrected chi connectivity index (χ3v) is 3.14. The molecule has 0 aromatic heterocycles. The molecule has 0 amide bonds. The first-order chi connectivity index (χ1) is 5.74. The summed E-state index contributed by atoms with van der Waals surface area (Å²) in [6.07, 6.45) is 4.14. The molecule has 1 fully saturated rings. The average molecular weight is 186 g/mol. The van der Waals surface area contributed by atoms with E-state index < -0.39 is 0 Å². The fraction of sp³-hybridized carbons (Fsp3) is 0.889. The molecule has 1 rings (SSSR count). The minimum Gasteiger partial charge on any atom is -0.366 e. The number of nitrogens with one attached hydrogen (secondary N) is 2. The summed E-state index contributed by atoms with van der Waals surface area (Å²) in [6, 6.07) is 0. The summed E-state index contributed by atoms with van der Waals surface area (Å²) in [5, 5.41) is 6.92. The quantitative estimate of drug-likeness (QED) is 0.639. The van der Waals surface area contributed by atoms with Crippen LogP contribution < -0.4 is 10.6 Å². The smallest absolute Gasteiger partial charge is 0.166 e. The lowest BCUT2D eigenvalue weighted by Gasteiger charge is -2.16. The average Bonchev–Trinajstić information content (AvgIpc) is 2.47. The van der Waals surface area contributed by atoms with Crippen molar-refractivity contribution in [3.63, 3.8) is 0 Å². The zero-order valence-corrected chi connectivity index (χ0v) is 8.71. The van der Waals surface area contributed by atoms with E-state index >= 15 is 0 Å². The molecule has 0 aromatic rings. The summed E-state index contributed by atoms with van der Waals surface area (Å²) in [5.74, 6) is 1.70. The van der Waals surface area contributed by atoms with E-state index in [9.17, 15) is 0 Å². The molecule has 0 radical (unpaired) electrons. The fourth-order valence-corrected chi connectivity index (χ4v) is 1.92. The maximum Gasteiger partial charge on any atom is 0.166 e. The van der Waals surface area contributed by atoms with Crippen molar-refractivity contribution in [2.75, 3.05) is 13.6 Å². The summed E-state index contributed by atoms with van der Waals surface area (Å²) < 4.78 is 0. The highest BCUT2D eigenvalue weighted by Gasteiger charge is 2.22. The fourth-order valence-electron chi connectivity index (χ4n) is 1.84. The van der Waals surface area contributed by atoms with Gasteiger partial charge in [-0.3, -0.25) is 0 Å². The van der Waals surface area contributed by atoms with Crippen LogP contribution in [0.2, 0.25) is 0 Å². The number of hydrogen-bond acceptors (Lipinski definition) is 1. The van der Waals surface area contributed by atoms with Crippen LogP contribution in [0.15, 0.2) is 0 Å². The van der Waals surface area contributed by atoms with Crippen molar-refractivity contribution < 1.29 is 0 Å². The Bertz CT molecular complexity index is 159. The van der Waals surface area contributed by atoms with Crippen LogP contribution in [0.25, 0.3) is 0 Å². The Morgan fingerprint density at radius 1 is 1.50 bits per heavy atom. The molecule has 2 unspecified atom stereocenters. The van der Waals surface area contributed by atoms with Crippen LogP contribution in [0.1, 0.15) is 26.2 Å². The Kier molecular flexibility index (Phi) is 3.79. The number of thiocarbonyl (C=S) groups is 1. The van der Waals surface area contributed by atoms with Crippen LogP contribution >= 0.6 is 12.2 Å². The zero-order chi connectivity index (χ0) is 8.97. The SMILES string of the molecule is CNC(=S)NCC1CCCC1C. The van der Waals surface area contributed by atoms with Gasteiger partial charge in [0, 0.05) is 13.6 Å². The minimum atomic E-state index is 0.772. The van der Waals surface area contributed by atoms with E-state index in [2.05, 4.69) is 17.6 Å². The lowest BCUT2D eigenvalue weighted by molar-refractivity contribution is 0.415. The van der Waals surface area contributed by atoms with Crippen molar-refractivity contribution in [2.24, 2.45) is 11.8 Å². The van der Waals surface area contributed by atoms with Crippen molar-refractivity contribution in [1.82, 2.24) is 10.6 Å². The number of hydrogen-bond donors (Lipinski definition) is 2. The molecule has 0 bridgehead atoms. The molecule has 1 saturated carbocycles. The molecule has 2 atom stereocenters. The van der Waals surface area contributed by atoms with Gasteiger partial charge in [-0.25, -0.2) is 0 Å². The highest BCUT2D eigenvalue weighted by Crippen LogP contribution is 2.30. The Morgan fingerprint density at radius 2 is 2.25 bits per heavy atom. The lowest BCUT2D eigenvalue weighted by Crippen LogP contribution is -2.36. The van der Waals surface area contributed by atoms with Gasteiger partial charge in [-0.1, -0.05) is 19.8 Å². The molecular weight excluding hydrogens is 168 g/mol. The second kappa shape index (κ2) is 4.65. The summed E-state index contributed by atoms with van der Waals surface area (Å²) in [5.41, 5.74) is 0. The van der Waals surface area contributed by atoms with Gasteiger partial charge in [-0.15, -0.1) is 0 Å². The Balaban J connectivity index is 2.18. The monoisotopic (exact) mass is 186 g/mol. The van der Waals surface area contributed by atoms with Crippen molar-refractivity contribution in [2.45, 2.75) is 26.2 Å². The van der Waals surface area contributed by atoms with Crippen molar-refractivity contribution in [3.8, 4) is 0 Å². The van der Waals surface area contributed by atoms with E-state index in [1.165, 1.54) is 19.3 Å². The topological polar surface area (TPSA) is 24.1 Å². The molecule has 12 heavy (non-hydrogen) atoms. The Hall–Kier alpha value is -0.310. The second-order valence-corrected chi connectivity index (χ2v) is 4.04. The predicted molar refractivity (Wildman–Crippen MR) is 56.2 cm³/mol. The summed E-state index contributed by atoms with van der Waals surface area (Å²) >= 11 is 5.01. The first-order valence-corrected chi connectivity index (χ1v) is 5.10. The van der Waals surface area contributed by atoms with E-state index in [0.717, 1.165) is 23.5 Å². The molecule has 0 aliphatic heterocycles. The first kappa shape index (κ1) is 9.78. The standard InChI is InChI=1S/C9H18N2S/c1-7-4-3-5-8(7)6-11-9(12)10-2/h7-8H,3-6H2,1-2H3,(H2,10,11,12). The molecule has 1 aliphatic rings. The molecule has 0 aromatic carbocycles. The highest BCUT2D eigenvalue weighted by molar-refractivity contribution is 7.80. The van der Waals surface area contributed by atoms with Crippen LogP contribution in [0.3, 0.4) is 0 Å². The van der Waals surface area contributed by atoms with Crippen LogP contribution in [0.5, 0.6) is 0 Å². The molecule has 70 valence electrons. The number of rotatable bonds is 2. The van der Waals surface area contributed by atoms with Crippen molar-refractivity contribution >= 4 is 17.3 Å². The van der Waals surface area contributed by atoms with E-state index in [-0.39, 0.29) is 0 Å². The molecule has 0 heterocycles. The molecule has 0 spiro atoms. The van der Waals surface area contributed by atoms with Gasteiger partial charge in [0.05, 0.1) is 0 Å². The van der Waals surface area contributed by atoms with Gasteiger partial charge in [0.2, 0.25) is 0 Å². The largest absolute Gasteiger partial charge is 0.366 e. The van der Waals surface area contributed by atoms with E-state index in [4.69, 9.17) is 12.2 Å². The maximum atomic E-state index is 5.01. The van der Waals surface area contributed by atoms with Crippen LogP contribution in [-0.2, 0) is 0 Å². The molecule has 2 N–H and O–H groups in total. The molecule has 2 nitrogen and oxygen atoms in total. The maximum absolute atomic E-state index is 5.01. The Labute approximate surface area is 80.1 Å². The molecule has 0 saturated heterocycles. The van der Waals surface area contributed by atoms with Gasteiger partial charge >= 0.3 is 0 Å². The third-order valence-electron chi connectivity index (χ3n) is 2.79. The van der Waals surface area contributed by atoms with Crippen LogP contribution in [0, 0.1) is 11.8 Å². The predicted octanol–water partition coefficient (Wildman–Crippen LogP) is 1.52. The molecule has 3 heteroatoms. The highest BCUT2D eigenvalue weighted by atomic mass is 32.1. The van der Waals surface area contributed by atoms with Crippen LogP contribution in [-0.4, -0.2) is 18.7 Å². The van der Waals surface area contributed by atoms with Gasteiger partial charge in [0.1, 0.15) is 0 Å². The van der Waals surface area contributed by atoms with Gasteiger partial charge in [-0.2, -0.15) is 0 Å². The first-order valence-electron chi connectivity index (χ1n) is 4.69. The molecule has 1 aliphatic carbocycles. The Morgan fingerprint density at radius 3 is 2.75 bits per heavy atom. The molecular formula is C9H18N2S. The van der Waals surface area contributed by atoms with E-state index in [1.54, 1.807) is 0 Å². The summed E-state index contributed by atoms with van der Waals surface area (Å²) in [6.45, 7) is 3.38. The van der Waals surface area contributed by atoms with Gasteiger partial charge in [0.15, 0.2) is 5.11 Å². The summed E-state index contributed by atoms with van der Waals surface area (Å²) in [4.78, 5) is 0.